The van der Waals surface area contributed by atoms with Crippen LogP contribution in [0.2, 0.25) is 0 Å². The van der Waals surface area contributed by atoms with E-state index in [0.29, 0.717) is 19.5 Å². The highest BCUT2D eigenvalue weighted by Gasteiger charge is 2.39. The fourth-order valence-corrected chi connectivity index (χ4v) is 3.38. The molecule has 1 unspecified atom stereocenters. The van der Waals surface area contributed by atoms with Gasteiger partial charge in [0.2, 0.25) is 0 Å². The lowest BCUT2D eigenvalue weighted by molar-refractivity contribution is -0.863. The van der Waals surface area contributed by atoms with E-state index < -0.39 is 0 Å². The van der Waals surface area contributed by atoms with Crippen molar-refractivity contribution in [2.45, 2.75) is 96.8 Å². The molecule has 1 rings (SSSR count). The average molecular weight is 311 g/mol. The molecule has 4 heteroatoms. The van der Waals surface area contributed by atoms with E-state index in [4.69, 9.17) is 0 Å². The van der Waals surface area contributed by atoms with Gasteiger partial charge < -0.3 is 0 Å². The van der Waals surface area contributed by atoms with Crippen LogP contribution in [-0.2, 0) is 4.79 Å². The smallest absolute Gasteiger partial charge is 0.228 e. The van der Waals surface area contributed by atoms with Gasteiger partial charge in [-0.15, -0.1) is 0 Å². The number of carbonyl (C=O) groups excluding carboxylic acids is 1. The van der Waals surface area contributed by atoms with E-state index in [1.807, 2.05) is 0 Å². The maximum atomic E-state index is 12.1. The Morgan fingerprint density at radius 2 is 1.45 bits per heavy atom. The number of amides is 1. The molecule has 0 aromatic heterocycles. The van der Waals surface area contributed by atoms with Crippen LogP contribution in [0.1, 0.15) is 96.8 Å². The zero-order chi connectivity index (χ0) is 16.1. The number of rotatable bonds is 12. The Bertz CT molecular complexity index is 320. The molecule has 1 atom stereocenters. The summed E-state index contributed by atoms with van der Waals surface area (Å²) in [6.07, 6.45) is 16.2. The highest BCUT2D eigenvalue weighted by atomic mass is 16.3. The minimum atomic E-state index is -0.142. The summed E-state index contributed by atoms with van der Waals surface area (Å²) in [5.74, 6) is 0.0448. The van der Waals surface area contributed by atoms with Crippen molar-refractivity contribution in [1.29, 1.82) is 0 Å². The minimum absolute atomic E-state index is 0.0448. The molecule has 0 aromatic rings. The molecule has 0 aromatic carbocycles. The van der Waals surface area contributed by atoms with Crippen LogP contribution in [0, 0.1) is 4.91 Å². The number of unbranched alkanes of at least 4 members (excludes halogenated alkanes) is 9. The molecular weight excluding hydrogens is 276 g/mol. The predicted molar refractivity (Wildman–Crippen MR) is 91.1 cm³/mol. The molecule has 4 nitrogen and oxygen atoms in total. The van der Waals surface area contributed by atoms with E-state index in [0.717, 1.165) is 32.1 Å². The number of quaternary nitrogens is 1. The molecule has 1 fully saturated rings. The standard InChI is InChI=1S/C18H35N2O2/c1-2-3-4-5-6-7-8-9-10-13-16-20(19-22)17-14-11-12-15-18(20)21/h2-17H2,1H3/q+1. The molecule has 1 heterocycles. The second-order valence-corrected chi connectivity index (χ2v) is 6.84. The van der Waals surface area contributed by atoms with Crippen LogP contribution in [0.25, 0.3) is 0 Å². The molecule has 0 N–H and O–H groups in total. The molecule has 0 spiro atoms. The van der Waals surface area contributed by atoms with Crippen molar-refractivity contribution in [2.75, 3.05) is 13.1 Å². The molecular formula is C18H35N2O2+. The molecule has 1 aliphatic rings. The van der Waals surface area contributed by atoms with Crippen molar-refractivity contribution < 1.29 is 9.39 Å². The maximum Gasteiger partial charge on any atom is 0.342 e. The van der Waals surface area contributed by atoms with E-state index in [1.165, 1.54) is 51.4 Å². The number of hydrogen-bond donors (Lipinski definition) is 0. The van der Waals surface area contributed by atoms with Crippen molar-refractivity contribution in [3.8, 4) is 0 Å². The van der Waals surface area contributed by atoms with Crippen LogP contribution >= 0.6 is 0 Å². The highest BCUT2D eigenvalue weighted by Crippen LogP contribution is 2.22. The number of nitrogens with zero attached hydrogens (tertiary/aromatic N) is 2. The topological polar surface area (TPSA) is 46.5 Å². The Kier molecular flexibility index (Phi) is 10.3. The van der Waals surface area contributed by atoms with Crippen molar-refractivity contribution in [1.82, 2.24) is 0 Å². The summed E-state index contributed by atoms with van der Waals surface area (Å²) in [6.45, 7) is 3.50. The largest absolute Gasteiger partial charge is 0.342 e. The SMILES string of the molecule is CCCCCCCCCCCC[N+]1(N=O)CCCCCC1=O. The first kappa shape index (κ1) is 19.3. The third-order valence-electron chi connectivity index (χ3n) is 4.92. The first-order valence-corrected chi connectivity index (χ1v) is 9.50. The lowest BCUT2D eigenvalue weighted by Gasteiger charge is -2.24. The molecule has 1 aliphatic heterocycles. The van der Waals surface area contributed by atoms with Crippen LogP contribution in [0.4, 0.5) is 0 Å². The summed E-state index contributed by atoms with van der Waals surface area (Å²) >= 11 is 0. The first-order chi connectivity index (χ1) is 10.7. The summed E-state index contributed by atoms with van der Waals surface area (Å²) in [4.78, 5) is 23.4. The van der Waals surface area contributed by atoms with Gasteiger partial charge in [0.1, 0.15) is 13.1 Å². The lowest BCUT2D eigenvalue weighted by Crippen LogP contribution is -2.48. The van der Waals surface area contributed by atoms with E-state index in [-0.39, 0.29) is 10.5 Å². The summed E-state index contributed by atoms with van der Waals surface area (Å²) in [6, 6.07) is 0. The summed E-state index contributed by atoms with van der Waals surface area (Å²) in [7, 11) is 0. The molecule has 0 bridgehead atoms. The van der Waals surface area contributed by atoms with Crippen molar-refractivity contribution >= 4 is 5.91 Å². The molecule has 0 saturated carbocycles. The lowest BCUT2D eigenvalue weighted by atomic mass is 10.1. The Hall–Kier alpha value is -0.770. The van der Waals surface area contributed by atoms with E-state index >= 15 is 0 Å². The van der Waals surface area contributed by atoms with Gasteiger partial charge in [-0.1, -0.05) is 67.8 Å². The second-order valence-electron chi connectivity index (χ2n) is 6.84. The predicted octanol–water partition coefficient (Wildman–Crippen LogP) is 5.51. The molecule has 0 radical (unpaired) electrons. The quantitative estimate of drug-likeness (QED) is 0.271. The fraction of sp³-hybridized carbons (Fsp3) is 0.944. The normalized spacial score (nSPS) is 22.5. The molecule has 0 aliphatic carbocycles. The fourth-order valence-electron chi connectivity index (χ4n) is 3.38. The molecule has 1 saturated heterocycles. The van der Waals surface area contributed by atoms with Crippen molar-refractivity contribution in [3.63, 3.8) is 0 Å². The van der Waals surface area contributed by atoms with Gasteiger partial charge in [0.15, 0.2) is 5.29 Å². The van der Waals surface area contributed by atoms with Gasteiger partial charge in [-0.05, 0) is 32.1 Å². The highest BCUT2D eigenvalue weighted by molar-refractivity contribution is 5.68. The zero-order valence-corrected chi connectivity index (χ0v) is 14.5. The summed E-state index contributed by atoms with van der Waals surface area (Å²) < 4.78 is -0.142. The van der Waals surface area contributed by atoms with E-state index in [9.17, 15) is 9.70 Å². The Morgan fingerprint density at radius 1 is 0.864 bits per heavy atom. The molecule has 1 amide bonds. The third kappa shape index (κ3) is 6.99. The number of carbonyl (C=O) groups is 1. The zero-order valence-electron chi connectivity index (χ0n) is 14.5. The Morgan fingerprint density at radius 3 is 2.05 bits per heavy atom. The van der Waals surface area contributed by atoms with Crippen LogP contribution in [-0.4, -0.2) is 23.6 Å². The van der Waals surface area contributed by atoms with E-state index in [1.54, 1.807) is 0 Å². The van der Waals surface area contributed by atoms with Crippen molar-refractivity contribution in [3.05, 3.63) is 4.91 Å². The van der Waals surface area contributed by atoms with Crippen LogP contribution in [0.3, 0.4) is 0 Å². The third-order valence-corrected chi connectivity index (χ3v) is 4.92. The monoisotopic (exact) mass is 311 g/mol. The first-order valence-electron chi connectivity index (χ1n) is 9.50. The van der Waals surface area contributed by atoms with Crippen LogP contribution in [0.15, 0.2) is 5.29 Å². The average Bonchev–Trinajstić information content (AvgIpc) is 2.71. The minimum Gasteiger partial charge on any atom is -0.228 e. The Balaban J connectivity index is 2.09. The summed E-state index contributed by atoms with van der Waals surface area (Å²) in [5.41, 5.74) is 0. The number of hydrogen-bond acceptors (Lipinski definition) is 3. The van der Waals surface area contributed by atoms with Gasteiger partial charge in [0.25, 0.3) is 0 Å². The number of nitroso groups, excluding NO2 is 1. The molecule has 128 valence electrons. The van der Waals surface area contributed by atoms with Gasteiger partial charge in [0, 0.05) is 0 Å². The summed E-state index contributed by atoms with van der Waals surface area (Å²) in [5, 5.41) is 3.23. The molecule has 22 heavy (non-hydrogen) atoms. The van der Waals surface area contributed by atoms with E-state index in [2.05, 4.69) is 12.2 Å². The Labute approximate surface area is 136 Å². The second kappa shape index (κ2) is 11.8. The van der Waals surface area contributed by atoms with Crippen LogP contribution in [0.5, 0.6) is 0 Å². The van der Waals surface area contributed by atoms with Gasteiger partial charge >= 0.3 is 5.91 Å². The van der Waals surface area contributed by atoms with Gasteiger partial charge in [-0.3, -0.25) is 0 Å². The van der Waals surface area contributed by atoms with Crippen LogP contribution < -0.4 is 0 Å². The van der Waals surface area contributed by atoms with Gasteiger partial charge in [-0.25, -0.2) is 4.79 Å². The maximum absolute atomic E-state index is 12.1. The van der Waals surface area contributed by atoms with Gasteiger partial charge in [0.05, 0.1) is 6.42 Å². The number of likely N-dealkylation sites (tertiary alicyclic amines) is 1. The van der Waals surface area contributed by atoms with Gasteiger partial charge in [-0.2, -0.15) is 0 Å². The van der Waals surface area contributed by atoms with Crippen molar-refractivity contribution in [2.24, 2.45) is 5.29 Å².